The molecule has 1 unspecified atom stereocenters. The van der Waals surface area contributed by atoms with E-state index in [1.807, 2.05) is 0 Å². The number of carbonyl (C=O) groups is 4. The Kier molecular flexibility index (Phi) is 82.5. The molecule has 4 atom stereocenters. The van der Waals surface area contributed by atoms with Gasteiger partial charge in [0.25, 0.3) is 0 Å². The van der Waals surface area contributed by atoms with Crippen molar-refractivity contribution in [3.8, 4) is 0 Å². The molecule has 0 aromatic heterocycles. The predicted octanol–water partition coefficient (Wildman–Crippen LogP) is 15.7. The van der Waals surface area contributed by atoms with Crippen molar-refractivity contribution in [2.45, 2.75) is 411 Å². The molecule has 0 fully saturated rings. The third-order valence-corrected chi connectivity index (χ3v) is 18.8. The Morgan fingerprint density at radius 2 is 0.541 bits per heavy atom. The van der Waals surface area contributed by atoms with E-state index in [0.717, 1.165) is 154 Å². The molecule has 0 aliphatic carbocycles. The first-order chi connectivity index (χ1) is 46.9. The molecule has 14 nitrogen and oxygen atoms in total. The molecule has 0 spiro atoms. The fourth-order valence-corrected chi connectivity index (χ4v) is 12.4. The molecule has 1 N–H and O–H groups in total. The van der Waals surface area contributed by atoms with Crippen LogP contribution in [0, 0.1) is 0 Å². The van der Waals surface area contributed by atoms with Crippen LogP contribution in [0.15, 0.2) is 48.6 Å². The van der Waals surface area contributed by atoms with Crippen LogP contribution in [0.4, 0.5) is 0 Å². The Hall–Kier alpha value is -1.13. The minimum atomic E-state index is -5.70. The molecule has 0 rings (SSSR count). The van der Waals surface area contributed by atoms with Crippen LogP contribution in [0.5, 0.6) is 0 Å². The maximum atomic E-state index is 13.2. The van der Waals surface area contributed by atoms with E-state index in [9.17, 15) is 38.6 Å². The van der Waals surface area contributed by atoms with Crippen molar-refractivity contribution in [2.75, 3.05) is 33.0 Å². The zero-order chi connectivity index (χ0) is 70.2. The molecule has 0 saturated carbocycles. The smallest absolute Gasteiger partial charge is 0.809 e. The third-order valence-electron chi connectivity index (χ3n) is 17.7. The van der Waals surface area contributed by atoms with Crippen molar-refractivity contribution < 1.29 is 126 Å². The van der Waals surface area contributed by atoms with E-state index in [1.54, 1.807) is 0 Å². The summed E-state index contributed by atoms with van der Waals surface area (Å²) in [7, 11) is -5.70. The summed E-state index contributed by atoms with van der Waals surface area (Å²) in [5.74, 6) is -4.39. The van der Waals surface area contributed by atoms with Crippen molar-refractivity contribution in [3.63, 3.8) is 0 Å². The first kappa shape index (κ1) is 101. The number of hydrogen-bond acceptors (Lipinski definition) is 14. The molecule has 98 heavy (non-hydrogen) atoms. The van der Waals surface area contributed by atoms with E-state index in [0.29, 0.717) is 25.7 Å². The average molecular weight is 1420 g/mol. The summed E-state index contributed by atoms with van der Waals surface area (Å²) in [6.45, 7) is 6.41. The van der Waals surface area contributed by atoms with Crippen LogP contribution < -0.4 is 68.9 Å². The van der Waals surface area contributed by atoms with Crippen LogP contribution in [-0.4, -0.2) is 86.2 Å². The number of allylic oxidation sites excluding steroid dienone is 8. The quantitative estimate of drug-likeness (QED) is 0.0150. The summed E-state index contributed by atoms with van der Waals surface area (Å²) in [4.78, 5) is 77.7. The van der Waals surface area contributed by atoms with Gasteiger partial charge in [-0.3, -0.25) is 19.2 Å². The molecule has 0 aliphatic heterocycles. The number of unbranched alkanes of at least 4 members (excludes halogenated alkanes) is 44. The van der Waals surface area contributed by atoms with Crippen molar-refractivity contribution in [1.82, 2.24) is 0 Å². The van der Waals surface area contributed by atoms with E-state index in [2.05, 4.69) is 76.3 Å². The Labute approximate surface area is 645 Å². The standard InChI is InChI=1S/C81H149O14P.2Na/c1-5-9-13-17-21-25-29-33-37-41-45-49-53-57-61-65-77(83)91-70-74(94-79(85)67-63-59-55-51-47-43-39-35-31-27-23-19-15-11-7-3)69-90-73-76(82)81(96(87,88)89)93-72-75(95-80(86)68-64-60-56-52-48-44-40-36-32-28-24-20-16-12-8-4)71-92-78(84)66-62-58-54-50-46-42-38-34-30-26-22-18-14-10-6-2;;/h33-40,74-76,81-82H,5-32,41-73H2,1-4H3,(H2,87,88,89);;/q;2*+1/p-2/b37-33-,38-34-,39-35-,40-36-;;/t74-,75+,76-,81?;;/m0../s1. The predicted molar refractivity (Wildman–Crippen MR) is 394 cm³/mol. The van der Waals surface area contributed by atoms with Crippen LogP contribution >= 0.6 is 7.60 Å². The fourth-order valence-electron chi connectivity index (χ4n) is 11.6. The summed E-state index contributed by atoms with van der Waals surface area (Å²) in [5, 5.41) is 11.2. The number of esters is 4. The Bertz CT molecular complexity index is 1910. The molecule has 0 aromatic carbocycles. The van der Waals surface area contributed by atoms with Gasteiger partial charge in [0.05, 0.1) is 19.8 Å². The van der Waals surface area contributed by atoms with Crippen molar-refractivity contribution >= 4 is 31.5 Å². The van der Waals surface area contributed by atoms with E-state index < -0.39 is 75.5 Å². The van der Waals surface area contributed by atoms with E-state index in [1.165, 1.54) is 154 Å². The minimum Gasteiger partial charge on any atom is -0.809 e. The molecule has 0 aromatic rings. The Balaban J connectivity index is -0.0000451. The van der Waals surface area contributed by atoms with Crippen molar-refractivity contribution in [3.05, 3.63) is 48.6 Å². The molecule has 0 heterocycles. The van der Waals surface area contributed by atoms with Crippen LogP contribution in [0.25, 0.3) is 0 Å². The van der Waals surface area contributed by atoms with Crippen LogP contribution in [0.3, 0.4) is 0 Å². The van der Waals surface area contributed by atoms with Gasteiger partial charge >= 0.3 is 83.0 Å². The van der Waals surface area contributed by atoms with Crippen LogP contribution in [-0.2, 0) is 52.2 Å². The largest absolute Gasteiger partial charge is 1.00 e. The first-order valence-electron chi connectivity index (χ1n) is 40.1. The molecule has 0 amide bonds. The normalized spacial score (nSPS) is 13.1. The second-order valence-electron chi connectivity index (χ2n) is 27.3. The zero-order valence-corrected chi connectivity index (χ0v) is 69.2. The number of aliphatic hydroxyl groups excluding tert-OH is 1. The van der Waals surface area contributed by atoms with Gasteiger partial charge in [0, 0.05) is 25.7 Å². The van der Waals surface area contributed by atoms with Gasteiger partial charge in [0.15, 0.2) is 12.2 Å². The molecule has 562 valence electrons. The van der Waals surface area contributed by atoms with E-state index in [-0.39, 0.29) is 98.0 Å². The van der Waals surface area contributed by atoms with Crippen LogP contribution in [0.1, 0.15) is 387 Å². The van der Waals surface area contributed by atoms with Crippen molar-refractivity contribution in [2.24, 2.45) is 0 Å². The summed E-state index contributed by atoms with van der Waals surface area (Å²) in [6.07, 6.45) is 72.6. The number of carbonyl (C=O) groups excluding carboxylic acids is 4. The maximum absolute atomic E-state index is 13.2. The summed E-state index contributed by atoms with van der Waals surface area (Å²) < 4.78 is 46.5. The molecular weight excluding hydrogens is 1270 g/mol. The topological polar surface area (TPSA) is 207 Å². The molecule has 0 aliphatic rings. The van der Waals surface area contributed by atoms with Gasteiger partial charge in [-0.2, -0.15) is 0 Å². The number of aliphatic hydroxyl groups is 1. The van der Waals surface area contributed by atoms with Crippen LogP contribution in [0.2, 0.25) is 0 Å². The van der Waals surface area contributed by atoms with Crippen molar-refractivity contribution in [1.29, 1.82) is 0 Å². The number of hydrogen-bond donors (Lipinski definition) is 1. The number of rotatable bonds is 75. The van der Waals surface area contributed by atoms with Gasteiger partial charge in [-0.25, -0.2) is 0 Å². The number of ether oxygens (including phenoxy) is 6. The van der Waals surface area contributed by atoms with E-state index in [4.69, 9.17) is 28.4 Å². The second kappa shape index (κ2) is 80.0. The minimum absolute atomic E-state index is 0. The van der Waals surface area contributed by atoms with Gasteiger partial charge in [0.2, 0.25) is 0 Å². The Morgan fingerprint density at radius 1 is 0.316 bits per heavy atom. The maximum Gasteiger partial charge on any atom is 1.00 e. The Morgan fingerprint density at radius 3 is 0.796 bits per heavy atom. The molecule has 17 heteroatoms. The SMILES string of the molecule is CCCCCCCC/C=C\CCCCCCCC(=O)OC[C@H](COC([C@@H](O)COC[C@@H](COC(=O)CCCCCCC/C=C\CCCCCCCC)OC(=O)CCCCCCC/C=C\CCCCCCCC)P(=O)([O-])[O-])OC(=O)CCCCCCC/C=C\CCCCCCCC.[Na+].[Na+]. The van der Waals surface area contributed by atoms with E-state index >= 15 is 0 Å². The monoisotopic (exact) mass is 1420 g/mol. The van der Waals surface area contributed by atoms with Gasteiger partial charge in [-0.05, 0) is 136 Å². The average Bonchev–Trinajstić information content (AvgIpc) is 0.917. The third kappa shape index (κ3) is 74.6. The zero-order valence-electron chi connectivity index (χ0n) is 64.3. The molecule has 0 radical (unpaired) electrons. The molecular formula is C81H147Na2O14P. The van der Waals surface area contributed by atoms with Gasteiger partial charge in [0.1, 0.15) is 25.2 Å². The molecule has 0 bridgehead atoms. The first-order valence-corrected chi connectivity index (χ1v) is 41.7. The summed E-state index contributed by atoms with van der Waals surface area (Å²) in [6, 6.07) is 0. The van der Waals surface area contributed by atoms with Gasteiger partial charge in [-0.15, -0.1) is 0 Å². The summed E-state index contributed by atoms with van der Waals surface area (Å²) >= 11 is 0. The fraction of sp³-hybridized carbons (Fsp3) is 0.852. The van der Waals surface area contributed by atoms with Gasteiger partial charge in [-0.1, -0.05) is 282 Å². The summed E-state index contributed by atoms with van der Waals surface area (Å²) in [5.41, 5.74) is 0. The second-order valence-corrected chi connectivity index (χ2v) is 28.9. The molecule has 0 saturated heterocycles. The van der Waals surface area contributed by atoms with Gasteiger partial charge < -0.3 is 47.9 Å².